The lowest BCUT2D eigenvalue weighted by molar-refractivity contribution is -0.137. The molecule has 12 heteroatoms. The van der Waals surface area contributed by atoms with Gasteiger partial charge in [0, 0.05) is 30.2 Å². The number of alkyl halides is 3. The number of rotatable bonds is 7. The van der Waals surface area contributed by atoms with Gasteiger partial charge in [-0.15, -0.1) is 0 Å². The molecule has 32 heavy (non-hydrogen) atoms. The Morgan fingerprint density at radius 2 is 1.88 bits per heavy atom. The number of methoxy groups -OCH3 is 1. The first-order valence-electron chi connectivity index (χ1n) is 9.26. The summed E-state index contributed by atoms with van der Waals surface area (Å²) in [5.41, 5.74) is -0.677. The highest BCUT2D eigenvalue weighted by Crippen LogP contribution is 2.33. The molecule has 3 aromatic rings. The van der Waals surface area contributed by atoms with Crippen LogP contribution in [0.5, 0.6) is 5.75 Å². The Bertz CT molecular complexity index is 1240. The summed E-state index contributed by atoms with van der Waals surface area (Å²) >= 11 is 0. The summed E-state index contributed by atoms with van der Waals surface area (Å²) in [6.45, 7) is 2.31. The molecule has 1 aromatic heterocycles. The molecule has 0 aliphatic heterocycles. The van der Waals surface area contributed by atoms with Gasteiger partial charge in [-0.05, 0) is 43.3 Å². The first-order chi connectivity index (χ1) is 15.0. The number of nitrogens with zero attached hydrogens (tertiary/aromatic N) is 2. The molecule has 0 fully saturated rings. The average Bonchev–Trinajstić information content (AvgIpc) is 3.22. The maximum Gasteiger partial charge on any atom is 0.416 e. The number of hydrogen-bond acceptors (Lipinski definition) is 5. The number of amides is 1. The van der Waals surface area contributed by atoms with Crippen LogP contribution in [0.2, 0.25) is 0 Å². The van der Waals surface area contributed by atoms with Gasteiger partial charge in [-0.1, -0.05) is 6.07 Å². The van der Waals surface area contributed by atoms with E-state index in [9.17, 15) is 26.4 Å². The van der Waals surface area contributed by atoms with Gasteiger partial charge in [0.2, 0.25) is 0 Å². The lowest BCUT2D eigenvalue weighted by atomic mass is 10.2. The molecule has 0 aliphatic carbocycles. The van der Waals surface area contributed by atoms with Crippen molar-refractivity contribution in [2.75, 3.05) is 17.1 Å². The summed E-state index contributed by atoms with van der Waals surface area (Å²) in [6, 6.07) is 9.17. The zero-order valence-corrected chi connectivity index (χ0v) is 17.8. The Labute approximate surface area is 182 Å². The van der Waals surface area contributed by atoms with Crippen LogP contribution in [0, 0.1) is 0 Å². The molecule has 8 nitrogen and oxygen atoms in total. The number of sulfonamides is 1. The van der Waals surface area contributed by atoms with Crippen LogP contribution in [-0.4, -0.2) is 31.2 Å². The van der Waals surface area contributed by atoms with Gasteiger partial charge in [0.1, 0.15) is 16.3 Å². The van der Waals surface area contributed by atoms with Crippen molar-refractivity contribution in [3.8, 4) is 5.75 Å². The third-order valence-electron chi connectivity index (χ3n) is 4.40. The number of hydrogen-bond donors (Lipinski definition) is 2. The fourth-order valence-electron chi connectivity index (χ4n) is 2.91. The molecule has 0 saturated heterocycles. The molecule has 0 saturated carbocycles. The second-order valence-electron chi connectivity index (χ2n) is 6.54. The van der Waals surface area contributed by atoms with Crippen LogP contribution in [-0.2, 0) is 22.7 Å². The van der Waals surface area contributed by atoms with E-state index in [0.29, 0.717) is 18.3 Å². The molecule has 1 heterocycles. The fourth-order valence-corrected chi connectivity index (χ4v) is 4.11. The molecule has 0 unspecified atom stereocenters. The van der Waals surface area contributed by atoms with Crippen LogP contribution in [0.15, 0.2) is 59.6 Å². The van der Waals surface area contributed by atoms with E-state index in [1.165, 1.54) is 48.3 Å². The van der Waals surface area contributed by atoms with Crippen molar-refractivity contribution < 1.29 is 31.1 Å². The van der Waals surface area contributed by atoms with Crippen LogP contribution >= 0.6 is 0 Å². The summed E-state index contributed by atoms with van der Waals surface area (Å²) in [6.07, 6.45) is -3.14. The van der Waals surface area contributed by atoms with E-state index >= 15 is 0 Å². The molecule has 0 spiro atoms. The minimum atomic E-state index is -4.62. The minimum Gasteiger partial charge on any atom is -0.495 e. The summed E-state index contributed by atoms with van der Waals surface area (Å²) in [4.78, 5) is 12.1. The third-order valence-corrected chi connectivity index (χ3v) is 5.82. The molecule has 0 bridgehead atoms. The number of aromatic nitrogens is 2. The topological polar surface area (TPSA) is 102 Å². The molecule has 0 aliphatic rings. The van der Waals surface area contributed by atoms with Crippen LogP contribution in [0.4, 0.5) is 24.5 Å². The monoisotopic (exact) mass is 468 g/mol. The van der Waals surface area contributed by atoms with Gasteiger partial charge >= 0.3 is 6.18 Å². The smallest absolute Gasteiger partial charge is 0.416 e. The second-order valence-corrected chi connectivity index (χ2v) is 8.19. The van der Waals surface area contributed by atoms with Crippen molar-refractivity contribution >= 4 is 27.3 Å². The van der Waals surface area contributed by atoms with Crippen LogP contribution in [0.25, 0.3) is 0 Å². The zero-order valence-electron chi connectivity index (χ0n) is 17.0. The van der Waals surface area contributed by atoms with Crippen LogP contribution in [0.3, 0.4) is 0 Å². The zero-order chi connectivity index (χ0) is 23.5. The molecule has 2 N–H and O–H groups in total. The van der Waals surface area contributed by atoms with Gasteiger partial charge in [0.05, 0.1) is 12.7 Å². The van der Waals surface area contributed by atoms with E-state index in [1.54, 1.807) is 0 Å². The van der Waals surface area contributed by atoms with E-state index < -0.39 is 27.7 Å². The predicted octanol–water partition coefficient (Wildman–Crippen LogP) is 3.98. The number of benzene rings is 2. The number of anilines is 2. The van der Waals surface area contributed by atoms with Crippen molar-refractivity contribution in [2.24, 2.45) is 0 Å². The Morgan fingerprint density at radius 1 is 1.12 bits per heavy atom. The summed E-state index contributed by atoms with van der Waals surface area (Å²) < 4.78 is 73.0. The van der Waals surface area contributed by atoms with E-state index in [2.05, 4.69) is 15.1 Å². The number of carbonyl (C=O) groups excluding carboxylic acids is 1. The van der Waals surface area contributed by atoms with Crippen LogP contribution in [0.1, 0.15) is 23.0 Å². The van der Waals surface area contributed by atoms with Gasteiger partial charge in [-0.3, -0.25) is 14.2 Å². The number of carbonyl (C=O) groups is 1. The highest BCUT2D eigenvalue weighted by Gasteiger charge is 2.31. The summed E-state index contributed by atoms with van der Waals surface area (Å²) in [5, 5.41) is 6.64. The lowest BCUT2D eigenvalue weighted by Gasteiger charge is -2.14. The Balaban J connectivity index is 1.86. The number of nitrogens with one attached hydrogen (secondary N) is 2. The van der Waals surface area contributed by atoms with Gasteiger partial charge in [0.15, 0.2) is 0 Å². The highest BCUT2D eigenvalue weighted by atomic mass is 32.2. The maximum atomic E-state index is 12.9. The van der Waals surface area contributed by atoms with Crippen molar-refractivity contribution in [1.82, 2.24) is 9.78 Å². The Morgan fingerprint density at radius 3 is 2.53 bits per heavy atom. The molecule has 0 radical (unpaired) electrons. The van der Waals surface area contributed by atoms with Crippen molar-refractivity contribution in [3.05, 3.63) is 66.0 Å². The molecule has 1 amide bonds. The normalized spacial score (nSPS) is 11.8. The first kappa shape index (κ1) is 23.1. The number of ether oxygens (including phenoxy) is 1. The van der Waals surface area contributed by atoms with E-state index in [-0.39, 0.29) is 22.0 Å². The molecule has 0 atom stereocenters. The molecule has 2 aromatic carbocycles. The predicted molar refractivity (Wildman–Crippen MR) is 111 cm³/mol. The highest BCUT2D eigenvalue weighted by molar-refractivity contribution is 7.92. The number of halogens is 3. The maximum absolute atomic E-state index is 12.9. The largest absolute Gasteiger partial charge is 0.495 e. The van der Waals surface area contributed by atoms with E-state index in [0.717, 1.165) is 12.1 Å². The average molecular weight is 468 g/mol. The molecule has 170 valence electrons. The van der Waals surface area contributed by atoms with Gasteiger partial charge < -0.3 is 10.1 Å². The molecular formula is C20H19F3N4O4S. The van der Waals surface area contributed by atoms with Crippen molar-refractivity contribution in [3.63, 3.8) is 0 Å². The van der Waals surface area contributed by atoms with Crippen molar-refractivity contribution in [2.45, 2.75) is 24.5 Å². The Kier molecular flexibility index (Phi) is 6.44. The first-order valence-corrected chi connectivity index (χ1v) is 10.7. The minimum absolute atomic E-state index is 0.105. The molecular weight excluding hydrogens is 449 g/mol. The van der Waals surface area contributed by atoms with E-state index in [4.69, 9.17) is 4.74 Å². The third kappa shape index (κ3) is 5.02. The van der Waals surface area contributed by atoms with E-state index in [1.807, 2.05) is 6.92 Å². The lowest BCUT2D eigenvalue weighted by Crippen LogP contribution is -2.18. The van der Waals surface area contributed by atoms with Crippen LogP contribution < -0.4 is 14.8 Å². The SMILES string of the molecule is CCn1nccc1C(=O)Nc1ccc(S(=O)(=O)Nc2cccc(C(F)(F)F)c2)c(OC)c1. The molecule has 3 rings (SSSR count). The van der Waals surface area contributed by atoms with Gasteiger partial charge in [-0.2, -0.15) is 18.3 Å². The number of aryl methyl sites for hydroxylation is 1. The van der Waals surface area contributed by atoms with Gasteiger partial charge in [0.25, 0.3) is 15.9 Å². The standard InChI is InChI=1S/C20H19F3N4O4S/c1-3-27-16(9-10-24-27)19(28)25-14-7-8-18(17(12-14)31-2)32(29,30)26-15-6-4-5-13(11-15)20(21,22)23/h4-12,26H,3H2,1-2H3,(H,25,28). The Hall–Kier alpha value is -3.54. The quantitative estimate of drug-likeness (QED) is 0.546. The fraction of sp³-hybridized carbons (Fsp3) is 0.200. The van der Waals surface area contributed by atoms with Crippen molar-refractivity contribution in [1.29, 1.82) is 0 Å². The summed E-state index contributed by atoms with van der Waals surface area (Å²) in [7, 11) is -3.05. The van der Waals surface area contributed by atoms with Gasteiger partial charge in [-0.25, -0.2) is 8.42 Å². The summed E-state index contributed by atoms with van der Waals surface area (Å²) in [5.74, 6) is -0.560. The second kappa shape index (κ2) is 8.91.